The van der Waals surface area contributed by atoms with E-state index in [0.717, 1.165) is 31.3 Å². The van der Waals surface area contributed by atoms with Gasteiger partial charge in [-0.05, 0) is 46.8 Å². The molecule has 1 aliphatic heterocycles. The SMILES string of the molecule is C=C(COC)/C1=C/CCCC(C/C=C/COC(C)=O)O[Si]1(c1ccccc1)c1ccccc1. The number of hydrogen-bond acceptors (Lipinski definition) is 4. The van der Waals surface area contributed by atoms with Gasteiger partial charge in [0.15, 0.2) is 0 Å². The largest absolute Gasteiger partial charge is 0.462 e. The fourth-order valence-corrected chi connectivity index (χ4v) is 8.75. The van der Waals surface area contributed by atoms with E-state index in [1.54, 1.807) is 7.11 Å². The molecule has 0 aromatic heterocycles. The van der Waals surface area contributed by atoms with E-state index < -0.39 is 8.32 Å². The number of carbonyl (C=O) groups excluding carboxylic acids is 1. The fourth-order valence-electron chi connectivity index (χ4n) is 4.36. The van der Waals surface area contributed by atoms with Gasteiger partial charge in [0.2, 0.25) is 0 Å². The Morgan fingerprint density at radius 1 is 1.09 bits per heavy atom. The lowest BCUT2D eigenvalue weighted by Gasteiger charge is -2.40. The highest BCUT2D eigenvalue weighted by molar-refractivity contribution is 7.03. The number of rotatable bonds is 9. The van der Waals surface area contributed by atoms with Crippen molar-refractivity contribution < 1.29 is 18.7 Å². The maximum absolute atomic E-state index is 11.0. The zero-order valence-corrected chi connectivity index (χ0v) is 20.7. The van der Waals surface area contributed by atoms with Crippen LogP contribution in [0.15, 0.2) is 96.2 Å². The first-order valence-corrected chi connectivity index (χ1v) is 13.4. The molecule has 3 rings (SSSR count). The Labute approximate surface area is 198 Å². The van der Waals surface area contributed by atoms with Crippen molar-refractivity contribution in [3.63, 3.8) is 0 Å². The topological polar surface area (TPSA) is 44.8 Å². The molecule has 0 saturated carbocycles. The van der Waals surface area contributed by atoms with E-state index in [4.69, 9.17) is 13.9 Å². The van der Waals surface area contributed by atoms with Gasteiger partial charge in [-0.15, -0.1) is 0 Å². The minimum atomic E-state index is -2.83. The van der Waals surface area contributed by atoms with Gasteiger partial charge in [0.05, 0.1) is 6.61 Å². The highest BCUT2D eigenvalue weighted by atomic mass is 28.4. The van der Waals surface area contributed by atoms with Crippen LogP contribution in [0.1, 0.15) is 32.6 Å². The van der Waals surface area contributed by atoms with E-state index in [-0.39, 0.29) is 18.7 Å². The third-order valence-corrected chi connectivity index (χ3v) is 10.1. The summed E-state index contributed by atoms with van der Waals surface area (Å²) in [6, 6.07) is 21.2. The molecule has 5 heteroatoms. The lowest BCUT2D eigenvalue weighted by molar-refractivity contribution is -0.139. The summed E-state index contributed by atoms with van der Waals surface area (Å²) in [5, 5.41) is 3.60. The Bertz CT molecular complexity index is 926. The maximum Gasteiger partial charge on any atom is 0.302 e. The lowest BCUT2D eigenvalue weighted by Crippen LogP contribution is -2.64. The van der Waals surface area contributed by atoms with Crippen molar-refractivity contribution in [3.05, 3.63) is 96.2 Å². The molecule has 0 fully saturated rings. The van der Waals surface area contributed by atoms with Crippen LogP contribution in [-0.2, 0) is 18.7 Å². The maximum atomic E-state index is 11.0. The number of hydrogen-bond donors (Lipinski definition) is 0. The molecule has 1 atom stereocenters. The highest BCUT2D eigenvalue weighted by Gasteiger charge is 2.46. The average Bonchev–Trinajstić information content (AvgIpc) is 2.81. The third kappa shape index (κ3) is 6.41. The molecule has 174 valence electrons. The summed E-state index contributed by atoms with van der Waals surface area (Å²) in [5.74, 6) is -0.270. The summed E-state index contributed by atoms with van der Waals surface area (Å²) >= 11 is 0. The predicted molar refractivity (Wildman–Crippen MR) is 136 cm³/mol. The normalized spacial score (nSPS) is 19.8. The Hall–Kier alpha value is -2.73. The van der Waals surface area contributed by atoms with Gasteiger partial charge in [-0.2, -0.15) is 0 Å². The smallest absolute Gasteiger partial charge is 0.302 e. The third-order valence-electron chi connectivity index (χ3n) is 5.81. The molecule has 2 aromatic rings. The van der Waals surface area contributed by atoms with Crippen LogP contribution in [0.5, 0.6) is 0 Å². The summed E-state index contributed by atoms with van der Waals surface area (Å²) in [6.45, 7) is 6.59. The second kappa shape index (κ2) is 12.5. The van der Waals surface area contributed by atoms with E-state index in [1.807, 2.05) is 18.2 Å². The number of benzene rings is 2. The average molecular weight is 463 g/mol. The number of carbonyl (C=O) groups is 1. The van der Waals surface area contributed by atoms with Gasteiger partial charge < -0.3 is 13.9 Å². The minimum absolute atomic E-state index is 0.0460. The van der Waals surface area contributed by atoms with Gasteiger partial charge in [-0.3, -0.25) is 4.79 Å². The molecular weight excluding hydrogens is 428 g/mol. The van der Waals surface area contributed by atoms with Crippen LogP contribution in [-0.4, -0.2) is 40.7 Å². The summed E-state index contributed by atoms with van der Waals surface area (Å²) < 4.78 is 17.8. The second-order valence-electron chi connectivity index (χ2n) is 8.25. The quantitative estimate of drug-likeness (QED) is 0.313. The molecule has 0 spiro atoms. The Morgan fingerprint density at radius 2 is 1.73 bits per heavy atom. The van der Waals surface area contributed by atoms with Crippen LogP contribution in [0.2, 0.25) is 0 Å². The van der Waals surface area contributed by atoms with Crippen LogP contribution in [0.4, 0.5) is 0 Å². The van der Waals surface area contributed by atoms with E-state index >= 15 is 0 Å². The van der Waals surface area contributed by atoms with E-state index in [1.165, 1.54) is 22.5 Å². The monoisotopic (exact) mass is 462 g/mol. The molecule has 1 aliphatic rings. The molecule has 0 N–H and O–H groups in total. The fraction of sp³-hybridized carbons (Fsp3) is 0.321. The first-order valence-electron chi connectivity index (χ1n) is 11.5. The summed E-state index contributed by atoms with van der Waals surface area (Å²) in [7, 11) is -1.13. The molecule has 0 amide bonds. The van der Waals surface area contributed by atoms with Crippen LogP contribution in [0, 0.1) is 0 Å². The van der Waals surface area contributed by atoms with Gasteiger partial charge in [-0.25, -0.2) is 0 Å². The van der Waals surface area contributed by atoms with Gasteiger partial charge in [-0.1, -0.05) is 85.5 Å². The van der Waals surface area contributed by atoms with Crippen molar-refractivity contribution in [2.45, 2.75) is 38.7 Å². The van der Waals surface area contributed by atoms with Crippen LogP contribution in [0.3, 0.4) is 0 Å². The molecule has 2 aromatic carbocycles. The molecule has 33 heavy (non-hydrogen) atoms. The Morgan fingerprint density at radius 3 is 2.30 bits per heavy atom. The molecule has 0 saturated heterocycles. The second-order valence-corrected chi connectivity index (χ2v) is 11.5. The first kappa shape index (κ1) is 24.9. The van der Waals surface area contributed by atoms with Crippen molar-refractivity contribution in [1.29, 1.82) is 0 Å². The lowest BCUT2D eigenvalue weighted by atomic mass is 10.1. The summed E-state index contributed by atoms with van der Waals surface area (Å²) in [4.78, 5) is 11.0. The van der Waals surface area contributed by atoms with E-state index in [0.29, 0.717) is 6.61 Å². The number of allylic oxidation sites excluding steroid dienone is 1. The zero-order valence-electron chi connectivity index (χ0n) is 19.7. The van der Waals surface area contributed by atoms with Gasteiger partial charge in [0, 0.05) is 20.1 Å². The van der Waals surface area contributed by atoms with Crippen LogP contribution < -0.4 is 10.4 Å². The van der Waals surface area contributed by atoms with Crippen molar-refractivity contribution >= 4 is 24.7 Å². The van der Waals surface area contributed by atoms with Gasteiger partial charge in [0.25, 0.3) is 8.32 Å². The summed E-state index contributed by atoms with van der Waals surface area (Å²) in [6.07, 6.45) is 10.1. The molecule has 0 bridgehead atoms. The molecule has 0 aliphatic carbocycles. The van der Waals surface area contributed by atoms with Gasteiger partial charge >= 0.3 is 5.97 Å². The van der Waals surface area contributed by atoms with Crippen LogP contribution >= 0.6 is 0 Å². The highest BCUT2D eigenvalue weighted by Crippen LogP contribution is 2.30. The van der Waals surface area contributed by atoms with Gasteiger partial charge in [0.1, 0.15) is 6.61 Å². The zero-order chi connectivity index (χ0) is 23.5. The molecule has 1 heterocycles. The van der Waals surface area contributed by atoms with Crippen molar-refractivity contribution in [1.82, 2.24) is 0 Å². The van der Waals surface area contributed by atoms with Crippen LogP contribution in [0.25, 0.3) is 0 Å². The number of methoxy groups -OCH3 is 1. The molecular formula is C28H34O4Si. The Kier molecular flexibility index (Phi) is 9.43. The number of esters is 1. The Balaban J connectivity index is 2.07. The predicted octanol–water partition coefficient (Wildman–Crippen LogP) is 4.49. The molecule has 1 unspecified atom stereocenters. The van der Waals surface area contributed by atoms with Crippen molar-refractivity contribution in [3.8, 4) is 0 Å². The van der Waals surface area contributed by atoms with Crippen molar-refractivity contribution in [2.24, 2.45) is 0 Å². The molecule has 4 nitrogen and oxygen atoms in total. The minimum Gasteiger partial charge on any atom is -0.462 e. The van der Waals surface area contributed by atoms with Crippen molar-refractivity contribution in [2.75, 3.05) is 20.3 Å². The van der Waals surface area contributed by atoms with E-state index in [2.05, 4.69) is 67.3 Å². The first-order chi connectivity index (χ1) is 16.1. The number of ether oxygens (including phenoxy) is 2. The molecule has 0 radical (unpaired) electrons. The standard InChI is InChI=1S/C28H34O4Si/c1-23(22-30-3)28-20-11-10-14-25(15-12-13-21-31-24(2)29)32-33(28,26-16-6-4-7-17-26)27-18-8-5-9-19-27/h4-9,12-13,16-20,25H,1,10-11,14-15,21-22H2,2-3H3/b13-12+,28-20-. The van der Waals surface area contributed by atoms with E-state index in [9.17, 15) is 4.79 Å². The summed E-state index contributed by atoms with van der Waals surface area (Å²) in [5.41, 5.74) is 0.975.